The van der Waals surface area contributed by atoms with Crippen molar-refractivity contribution in [1.29, 1.82) is 0 Å². The number of aromatic amines is 1. The predicted octanol–water partition coefficient (Wildman–Crippen LogP) is 6.39. The number of halogens is 1. The van der Waals surface area contributed by atoms with E-state index in [-0.39, 0.29) is 18.0 Å². The van der Waals surface area contributed by atoms with E-state index in [9.17, 15) is 14.4 Å². The van der Waals surface area contributed by atoms with Crippen LogP contribution in [0.1, 0.15) is 70.0 Å². The second-order valence-electron chi connectivity index (χ2n) is 17.1. The van der Waals surface area contributed by atoms with Crippen LogP contribution in [0.15, 0.2) is 73.2 Å². The minimum Gasteiger partial charge on any atom is -0.445 e. The minimum atomic E-state index is -1.20. The summed E-state index contributed by atoms with van der Waals surface area (Å²) in [4.78, 5) is 61.7. The van der Waals surface area contributed by atoms with Crippen LogP contribution in [0.3, 0.4) is 0 Å². The van der Waals surface area contributed by atoms with Crippen molar-refractivity contribution in [3.05, 3.63) is 89.3 Å². The third-order valence-corrected chi connectivity index (χ3v) is 12.0. The van der Waals surface area contributed by atoms with Crippen LogP contribution in [0.25, 0.3) is 11.0 Å². The Bertz CT molecular complexity index is 2000. The van der Waals surface area contributed by atoms with Crippen molar-refractivity contribution in [2.75, 3.05) is 70.3 Å². The second kappa shape index (κ2) is 19.0. The average Bonchev–Trinajstić information content (AvgIpc) is 3.72. The van der Waals surface area contributed by atoms with Crippen LogP contribution < -0.4 is 15.5 Å². The lowest BCUT2D eigenvalue weighted by atomic mass is 9.85. The Hall–Kier alpha value is -4.92. The fourth-order valence-electron chi connectivity index (χ4n) is 8.41. The number of H-pyrrole nitrogens is 1. The number of carbonyl (C=O) groups is 3. The summed E-state index contributed by atoms with van der Waals surface area (Å²) in [5, 5.41) is 7.92. The number of amides is 3. The number of likely N-dealkylation sites (tertiary alicyclic amines) is 1. The molecule has 3 saturated heterocycles. The number of fused-ring (bicyclic) bond motifs is 1. The first-order chi connectivity index (χ1) is 28.4. The van der Waals surface area contributed by atoms with Crippen LogP contribution in [-0.4, -0.2) is 124 Å². The fourth-order valence-corrected chi connectivity index (χ4v) is 8.54. The number of carbonyl (C=O) groups excluding carboxylic acids is 3. The molecule has 3 aliphatic rings. The highest BCUT2D eigenvalue weighted by Gasteiger charge is 2.45. The lowest BCUT2D eigenvalue weighted by molar-refractivity contribution is -0.129. The molecule has 7 rings (SSSR count). The Balaban J connectivity index is 0.934. The fraction of sp³-hybridized carbons (Fsp3) is 0.523. The number of nitrogens with zero attached hydrogens (tertiary/aromatic N) is 6. The summed E-state index contributed by atoms with van der Waals surface area (Å²) in [6, 6.07) is 19.1. The monoisotopic (exact) mass is 827 g/mol. The topological polar surface area (TPSA) is 148 Å². The molecule has 0 aliphatic carbocycles. The summed E-state index contributed by atoms with van der Waals surface area (Å²) in [5.74, 6) is 1.11. The van der Waals surface area contributed by atoms with Gasteiger partial charge in [0, 0.05) is 76.7 Å². The molecule has 0 saturated carbocycles. The van der Waals surface area contributed by atoms with Gasteiger partial charge in [0.05, 0.1) is 11.4 Å². The molecule has 0 bridgehead atoms. The maximum atomic E-state index is 14.6. The maximum Gasteiger partial charge on any atom is 0.410 e. The molecule has 0 spiro atoms. The van der Waals surface area contributed by atoms with E-state index in [4.69, 9.17) is 21.1 Å². The lowest BCUT2D eigenvalue weighted by Gasteiger charge is -2.42. The smallest absolute Gasteiger partial charge is 0.410 e. The van der Waals surface area contributed by atoms with Gasteiger partial charge in [-0.05, 0) is 88.1 Å². The molecule has 316 valence electrons. The predicted molar refractivity (Wildman–Crippen MR) is 228 cm³/mol. The molecule has 1 atom stereocenters. The van der Waals surface area contributed by atoms with E-state index < -0.39 is 17.2 Å². The molecule has 3 amide bonds. The third-order valence-electron chi connectivity index (χ3n) is 11.8. The van der Waals surface area contributed by atoms with Crippen LogP contribution in [-0.2, 0) is 20.9 Å². The third kappa shape index (κ3) is 11.2. The molecule has 3 fully saturated rings. The van der Waals surface area contributed by atoms with Crippen molar-refractivity contribution in [2.45, 2.75) is 76.7 Å². The summed E-state index contributed by atoms with van der Waals surface area (Å²) < 4.78 is 11.3. The molecule has 2 aromatic carbocycles. The van der Waals surface area contributed by atoms with Crippen LogP contribution in [0.4, 0.5) is 15.4 Å². The van der Waals surface area contributed by atoms with E-state index in [1.54, 1.807) is 0 Å². The minimum absolute atomic E-state index is 0.231. The van der Waals surface area contributed by atoms with Gasteiger partial charge in [-0.25, -0.2) is 19.6 Å². The normalized spacial score (nSPS) is 18.6. The number of ether oxygens (including phenoxy) is 2. The van der Waals surface area contributed by atoms with Crippen LogP contribution in [0.2, 0.25) is 5.02 Å². The van der Waals surface area contributed by atoms with E-state index in [0.29, 0.717) is 49.9 Å². The average molecular weight is 828 g/mol. The molecule has 59 heavy (non-hydrogen) atoms. The van der Waals surface area contributed by atoms with Gasteiger partial charge in [-0.3, -0.25) is 4.79 Å². The Kier molecular flexibility index (Phi) is 13.6. The van der Waals surface area contributed by atoms with E-state index in [1.807, 2.05) is 92.5 Å². The Morgan fingerprint density at radius 1 is 0.898 bits per heavy atom. The molecule has 0 unspecified atom stereocenters. The standard InChI is InChI=1S/C44H58ClN9O5/c1-43(2,3)59-41(56)50-44(17-23-53(24-18-44)39-36-13-19-46-38(36)47-31-48-39)40(55)49-37(34-9-11-35(45)12-10-34)16-20-51-25-27-52(28-26-51)29-32-14-21-54(22-15-32)42(57)58-30-33-7-5-4-6-8-33/h4-13,19,31-32,37H,14-18,20-30H2,1-3H3,(H,49,55)(H,50,56)(H,46,47,48)/t37-/m0/s1. The number of hydrogen-bond acceptors (Lipinski definition) is 10. The number of piperidine rings is 2. The quantitative estimate of drug-likeness (QED) is 0.147. The summed E-state index contributed by atoms with van der Waals surface area (Å²) in [7, 11) is 0. The highest BCUT2D eigenvalue weighted by molar-refractivity contribution is 6.30. The number of nitrogens with one attached hydrogen (secondary N) is 3. The van der Waals surface area contributed by atoms with E-state index in [2.05, 4.69) is 40.3 Å². The van der Waals surface area contributed by atoms with Crippen LogP contribution >= 0.6 is 11.6 Å². The zero-order valence-corrected chi connectivity index (χ0v) is 35.3. The second-order valence-corrected chi connectivity index (χ2v) is 17.5. The van der Waals surface area contributed by atoms with Crippen molar-refractivity contribution in [3.8, 4) is 0 Å². The summed E-state index contributed by atoms with van der Waals surface area (Å²) in [6.45, 7) is 13.8. The summed E-state index contributed by atoms with van der Waals surface area (Å²) in [5.41, 5.74) is 0.775. The van der Waals surface area contributed by atoms with Crippen molar-refractivity contribution in [2.24, 2.45) is 5.92 Å². The zero-order chi connectivity index (χ0) is 41.4. The van der Waals surface area contributed by atoms with Crippen molar-refractivity contribution >= 4 is 46.5 Å². The molecule has 0 radical (unpaired) electrons. The molecule has 4 aromatic rings. The summed E-state index contributed by atoms with van der Waals surface area (Å²) >= 11 is 6.31. The van der Waals surface area contributed by atoms with Gasteiger partial charge in [0.1, 0.15) is 35.5 Å². The van der Waals surface area contributed by atoms with Gasteiger partial charge in [-0.15, -0.1) is 0 Å². The number of anilines is 1. The molecular formula is C44H58ClN9O5. The number of piperazine rings is 1. The lowest BCUT2D eigenvalue weighted by Crippen LogP contribution is -2.64. The van der Waals surface area contributed by atoms with Gasteiger partial charge < -0.3 is 44.7 Å². The van der Waals surface area contributed by atoms with E-state index in [0.717, 1.165) is 93.2 Å². The van der Waals surface area contributed by atoms with Gasteiger partial charge in [0.2, 0.25) is 5.91 Å². The SMILES string of the molecule is CC(C)(C)OC(=O)NC1(C(=O)N[C@@H](CCN2CCN(CC3CCN(C(=O)OCc4ccccc4)CC3)CC2)c2ccc(Cl)cc2)CCN(c2ncnc3[nH]ccc23)CC1. The molecule has 2 aromatic heterocycles. The first-order valence-corrected chi connectivity index (χ1v) is 21.3. The van der Waals surface area contributed by atoms with E-state index in [1.165, 1.54) is 6.33 Å². The Morgan fingerprint density at radius 3 is 2.29 bits per heavy atom. The Morgan fingerprint density at radius 2 is 1.59 bits per heavy atom. The van der Waals surface area contributed by atoms with Gasteiger partial charge >= 0.3 is 12.2 Å². The number of aromatic nitrogens is 3. The van der Waals surface area contributed by atoms with Gasteiger partial charge in [0.25, 0.3) is 0 Å². The highest BCUT2D eigenvalue weighted by Crippen LogP contribution is 2.31. The molecule has 5 heterocycles. The molecular weight excluding hydrogens is 770 g/mol. The van der Waals surface area contributed by atoms with E-state index >= 15 is 0 Å². The number of benzene rings is 2. The van der Waals surface area contributed by atoms with Gasteiger partial charge in [-0.1, -0.05) is 54.1 Å². The van der Waals surface area contributed by atoms with Gasteiger partial charge in [0.15, 0.2) is 0 Å². The largest absolute Gasteiger partial charge is 0.445 e. The Labute approximate surface area is 352 Å². The summed E-state index contributed by atoms with van der Waals surface area (Å²) in [6.07, 6.45) is 5.89. The molecule has 3 aliphatic heterocycles. The van der Waals surface area contributed by atoms with Crippen molar-refractivity contribution in [3.63, 3.8) is 0 Å². The first kappa shape index (κ1) is 42.2. The number of alkyl carbamates (subject to hydrolysis) is 1. The highest BCUT2D eigenvalue weighted by atomic mass is 35.5. The molecule has 14 nitrogen and oxygen atoms in total. The molecule has 15 heteroatoms. The zero-order valence-electron chi connectivity index (χ0n) is 34.5. The number of hydrogen-bond donors (Lipinski definition) is 3. The maximum absolute atomic E-state index is 14.6. The van der Waals surface area contributed by atoms with Crippen molar-refractivity contribution < 1.29 is 23.9 Å². The van der Waals surface area contributed by atoms with Crippen LogP contribution in [0.5, 0.6) is 0 Å². The molecule has 3 N–H and O–H groups in total. The van der Waals surface area contributed by atoms with Gasteiger partial charge in [-0.2, -0.15) is 0 Å². The first-order valence-electron chi connectivity index (χ1n) is 20.9. The van der Waals surface area contributed by atoms with Crippen LogP contribution in [0, 0.1) is 5.92 Å². The van der Waals surface area contributed by atoms with Crippen molar-refractivity contribution in [1.82, 2.24) is 40.3 Å². The number of rotatable bonds is 12.